The van der Waals surface area contributed by atoms with Crippen LogP contribution in [0.5, 0.6) is 0 Å². The molecule has 0 radical (unpaired) electrons. The summed E-state index contributed by atoms with van der Waals surface area (Å²) in [4.78, 5) is 20.4. The van der Waals surface area contributed by atoms with Gasteiger partial charge in [0.25, 0.3) is 5.91 Å². The van der Waals surface area contributed by atoms with E-state index >= 15 is 0 Å². The van der Waals surface area contributed by atoms with Crippen molar-refractivity contribution in [1.29, 1.82) is 0 Å². The Labute approximate surface area is 185 Å². The second kappa shape index (κ2) is 8.66. The first-order valence-electron chi connectivity index (χ1n) is 9.15. The topological polar surface area (TPSA) is 80.4 Å². The lowest BCUT2D eigenvalue weighted by Crippen LogP contribution is -2.52. The number of aromatic nitrogens is 1. The van der Waals surface area contributed by atoms with E-state index in [-0.39, 0.29) is 16.5 Å². The van der Waals surface area contributed by atoms with Crippen LogP contribution >= 0.6 is 23.4 Å². The molecule has 166 valence electrons. The number of thioether (sulfide) groups is 1. The van der Waals surface area contributed by atoms with E-state index in [2.05, 4.69) is 15.3 Å². The van der Waals surface area contributed by atoms with Gasteiger partial charge in [-0.25, -0.2) is 27.5 Å². The van der Waals surface area contributed by atoms with Gasteiger partial charge >= 0.3 is 0 Å². The number of halogens is 5. The predicted octanol–water partition coefficient (Wildman–Crippen LogP) is 4.86. The van der Waals surface area contributed by atoms with Crippen LogP contribution in [0.4, 0.5) is 23.2 Å². The number of hydrogen-bond donors (Lipinski definition) is 2. The van der Waals surface area contributed by atoms with Crippen LogP contribution in [-0.2, 0) is 5.54 Å². The predicted molar refractivity (Wildman–Crippen MR) is 114 cm³/mol. The van der Waals surface area contributed by atoms with Gasteiger partial charge in [-0.2, -0.15) is 0 Å². The first-order valence-corrected chi connectivity index (χ1v) is 10.3. The first-order chi connectivity index (χ1) is 14.6. The zero-order chi connectivity index (χ0) is 23.0. The van der Waals surface area contributed by atoms with Crippen molar-refractivity contribution >= 4 is 40.1 Å². The highest BCUT2D eigenvalue weighted by molar-refractivity contribution is 8.15. The third-order valence-corrected chi connectivity index (χ3v) is 6.91. The number of rotatable bonds is 5. The highest BCUT2D eigenvalue weighted by atomic mass is 35.5. The maximum absolute atomic E-state index is 14.9. The average Bonchev–Trinajstić information content (AvgIpc) is 2.73. The molecular weight excluding hydrogens is 456 g/mol. The molecule has 3 N–H and O–H groups in total. The molecule has 0 saturated carbocycles. The molecule has 0 fully saturated rings. The van der Waals surface area contributed by atoms with E-state index in [9.17, 15) is 22.4 Å². The molecule has 11 heteroatoms. The Kier molecular flexibility index (Phi) is 6.52. The molecule has 0 aliphatic carbocycles. The van der Waals surface area contributed by atoms with E-state index in [0.717, 1.165) is 23.9 Å². The fraction of sp³-hybridized carbons (Fsp3) is 0.350. The highest BCUT2D eigenvalue weighted by Gasteiger charge is 2.53. The van der Waals surface area contributed by atoms with Crippen molar-refractivity contribution in [2.75, 3.05) is 18.7 Å². The molecule has 3 atom stereocenters. The quantitative estimate of drug-likeness (QED) is 0.607. The molecule has 3 rings (SSSR count). The Morgan fingerprint density at radius 2 is 2.00 bits per heavy atom. The number of nitrogens with zero attached hydrogens (tertiary/aromatic N) is 2. The highest BCUT2D eigenvalue weighted by Crippen LogP contribution is 2.51. The molecule has 1 aromatic carbocycles. The number of aliphatic imine (C=N–C) groups is 1. The Bertz CT molecular complexity index is 1040. The SMILES string of the molecule is C[C@@H]1[C@@](C)(CF)SC(N)=N[C@]1(CF)c1cc(NC(=O)c2ccc(Cl)cn2)cc(F)c1F. The number of anilines is 1. The van der Waals surface area contributed by atoms with Gasteiger partial charge in [-0.15, -0.1) is 0 Å². The van der Waals surface area contributed by atoms with Crippen LogP contribution in [0.15, 0.2) is 35.5 Å². The summed E-state index contributed by atoms with van der Waals surface area (Å²) in [6.45, 7) is 0.875. The van der Waals surface area contributed by atoms with Crippen molar-refractivity contribution in [2.24, 2.45) is 16.6 Å². The largest absolute Gasteiger partial charge is 0.378 e. The summed E-state index contributed by atoms with van der Waals surface area (Å²) < 4.78 is 56.4. The molecule has 2 aromatic rings. The zero-order valence-electron chi connectivity index (χ0n) is 16.6. The van der Waals surface area contributed by atoms with E-state index in [1.54, 1.807) is 0 Å². The van der Waals surface area contributed by atoms with Gasteiger partial charge < -0.3 is 11.1 Å². The minimum atomic E-state index is -1.97. The number of amides is 1. The van der Waals surface area contributed by atoms with Gasteiger partial charge in [-0.3, -0.25) is 4.79 Å². The van der Waals surface area contributed by atoms with Crippen molar-refractivity contribution in [3.05, 3.63) is 58.4 Å². The summed E-state index contributed by atoms with van der Waals surface area (Å²) in [5.41, 5.74) is 3.20. The molecule has 1 aliphatic heterocycles. The molecule has 1 aromatic heterocycles. The Morgan fingerprint density at radius 1 is 1.29 bits per heavy atom. The molecule has 2 heterocycles. The molecule has 0 saturated heterocycles. The van der Waals surface area contributed by atoms with E-state index in [1.807, 2.05) is 0 Å². The van der Waals surface area contributed by atoms with Gasteiger partial charge in [0.1, 0.15) is 24.6 Å². The lowest BCUT2D eigenvalue weighted by atomic mass is 9.73. The normalized spacial score (nSPS) is 25.8. The van der Waals surface area contributed by atoms with Crippen LogP contribution in [0.2, 0.25) is 5.02 Å². The molecule has 0 spiro atoms. The molecule has 1 aliphatic rings. The van der Waals surface area contributed by atoms with E-state index in [4.69, 9.17) is 17.3 Å². The summed E-state index contributed by atoms with van der Waals surface area (Å²) in [6.07, 6.45) is 1.25. The third kappa shape index (κ3) is 4.23. The Morgan fingerprint density at radius 3 is 2.58 bits per heavy atom. The minimum absolute atomic E-state index is 0.0226. The number of carbonyl (C=O) groups excluding carboxylic acids is 1. The second-order valence-corrected chi connectivity index (χ2v) is 9.40. The number of alkyl halides is 2. The van der Waals surface area contributed by atoms with E-state index < -0.39 is 52.7 Å². The van der Waals surface area contributed by atoms with Crippen LogP contribution in [0, 0.1) is 17.6 Å². The number of carbonyl (C=O) groups is 1. The lowest BCUT2D eigenvalue weighted by molar-refractivity contribution is 0.102. The van der Waals surface area contributed by atoms with Gasteiger partial charge in [0.15, 0.2) is 16.8 Å². The second-order valence-electron chi connectivity index (χ2n) is 7.41. The fourth-order valence-electron chi connectivity index (χ4n) is 3.48. The van der Waals surface area contributed by atoms with Crippen molar-refractivity contribution in [3.8, 4) is 0 Å². The maximum atomic E-state index is 14.9. The number of nitrogens with two attached hydrogens (primary N) is 1. The van der Waals surface area contributed by atoms with Gasteiger partial charge in [-0.1, -0.05) is 30.3 Å². The summed E-state index contributed by atoms with van der Waals surface area (Å²) in [7, 11) is 0. The van der Waals surface area contributed by atoms with Crippen LogP contribution in [0.25, 0.3) is 0 Å². The van der Waals surface area contributed by atoms with E-state index in [0.29, 0.717) is 5.02 Å². The lowest BCUT2D eigenvalue weighted by Gasteiger charge is -2.46. The van der Waals surface area contributed by atoms with E-state index in [1.165, 1.54) is 32.2 Å². The molecule has 1 amide bonds. The Hall–Kier alpha value is -2.33. The zero-order valence-corrected chi connectivity index (χ0v) is 18.1. The van der Waals surface area contributed by atoms with Gasteiger partial charge in [0, 0.05) is 29.4 Å². The average molecular weight is 475 g/mol. The molecule has 0 bridgehead atoms. The van der Waals surface area contributed by atoms with Crippen molar-refractivity contribution in [3.63, 3.8) is 0 Å². The maximum Gasteiger partial charge on any atom is 0.274 e. The summed E-state index contributed by atoms with van der Waals surface area (Å²) in [6, 6.07) is 4.62. The van der Waals surface area contributed by atoms with Crippen molar-refractivity contribution < 1.29 is 22.4 Å². The van der Waals surface area contributed by atoms with Gasteiger partial charge in [0.2, 0.25) is 0 Å². The van der Waals surface area contributed by atoms with Gasteiger partial charge in [-0.05, 0) is 25.1 Å². The van der Waals surface area contributed by atoms with Crippen LogP contribution in [0.1, 0.15) is 29.9 Å². The third-order valence-electron chi connectivity index (χ3n) is 5.46. The fourth-order valence-corrected chi connectivity index (χ4v) is 4.71. The summed E-state index contributed by atoms with van der Waals surface area (Å²) in [5.74, 6) is -4.29. The number of pyridine rings is 1. The molecular formula is C20H19ClF4N4OS. The number of nitrogens with one attached hydrogen (secondary N) is 1. The molecule has 5 nitrogen and oxygen atoms in total. The smallest absolute Gasteiger partial charge is 0.274 e. The Balaban J connectivity index is 2.08. The van der Waals surface area contributed by atoms with Crippen LogP contribution < -0.4 is 11.1 Å². The number of hydrogen-bond acceptors (Lipinski definition) is 5. The first kappa shape index (κ1) is 23.3. The van der Waals surface area contributed by atoms with Gasteiger partial charge in [0.05, 0.1) is 9.77 Å². The summed E-state index contributed by atoms with van der Waals surface area (Å²) in [5, 5.41) is 2.56. The summed E-state index contributed by atoms with van der Waals surface area (Å²) >= 11 is 6.65. The number of amidine groups is 1. The molecule has 31 heavy (non-hydrogen) atoms. The van der Waals surface area contributed by atoms with Crippen molar-refractivity contribution in [2.45, 2.75) is 24.1 Å². The molecule has 0 unspecified atom stereocenters. The monoisotopic (exact) mass is 474 g/mol. The van der Waals surface area contributed by atoms with Crippen LogP contribution in [-0.4, -0.2) is 34.2 Å². The van der Waals surface area contributed by atoms with Crippen molar-refractivity contribution in [1.82, 2.24) is 4.98 Å². The standard InChI is InChI=1S/C20H19ClF4N4OS/c1-10-19(2,8-22)31-18(26)29-20(10,9-23)13-5-12(6-14(24)16(13)25)28-17(30)15-4-3-11(21)7-27-15/h3-7,10H,8-9H2,1-2H3,(H2,26,29)(H,28,30)/t10-,19-,20+/m1/s1. The van der Waals surface area contributed by atoms with Crippen LogP contribution in [0.3, 0.4) is 0 Å². The minimum Gasteiger partial charge on any atom is -0.378 e. The number of benzene rings is 1.